The van der Waals surface area contributed by atoms with Gasteiger partial charge in [-0.05, 0) is 35.9 Å². The van der Waals surface area contributed by atoms with Gasteiger partial charge in [-0.2, -0.15) is 0 Å². The summed E-state index contributed by atoms with van der Waals surface area (Å²) in [5.74, 6) is 4.68. The molecule has 8 nitrogen and oxygen atoms in total. The van der Waals surface area contributed by atoms with Gasteiger partial charge in [0.15, 0.2) is 11.5 Å². The number of ether oxygens (including phenoxy) is 4. The smallest absolute Gasteiger partial charge is 0.248 e. The molecule has 1 heterocycles. The van der Waals surface area contributed by atoms with Crippen molar-refractivity contribution in [3.05, 3.63) is 58.4 Å². The Morgan fingerprint density at radius 3 is 2.53 bits per heavy atom. The lowest BCUT2D eigenvalue weighted by atomic mass is 10.2. The fraction of sp³-hybridized carbons (Fsp3) is 0.292. The lowest BCUT2D eigenvalue weighted by Gasteiger charge is -2.16. The third-order valence-corrected chi connectivity index (χ3v) is 4.72. The van der Waals surface area contributed by atoms with Crippen molar-refractivity contribution in [3.63, 3.8) is 0 Å². The molecular formula is C24H26N2O6. The van der Waals surface area contributed by atoms with Gasteiger partial charge in [0, 0.05) is 24.5 Å². The molecule has 168 valence electrons. The van der Waals surface area contributed by atoms with Crippen molar-refractivity contribution in [1.29, 1.82) is 0 Å². The molecule has 3 N–H and O–H groups in total. The van der Waals surface area contributed by atoms with E-state index in [1.165, 1.54) is 6.07 Å². The summed E-state index contributed by atoms with van der Waals surface area (Å²) in [6.07, 6.45) is 4.50. The van der Waals surface area contributed by atoms with Crippen LogP contribution >= 0.6 is 0 Å². The maximum atomic E-state index is 11.7. The molecule has 0 amide bonds. The van der Waals surface area contributed by atoms with Crippen LogP contribution in [-0.2, 0) is 6.54 Å². The minimum atomic E-state index is -0.745. The van der Waals surface area contributed by atoms with E-state index in [2.05, 4.69) is 16.2 Å². The minimum absolute atomic E-state index is 0.0672. The van der Waals surface area contributed by atoms with Gasteiger partial charge in [0.1, 0.15) is 30.8 Å². The second-order valence-electron chi connectivity index (χ2n) is 6.95. The first kappa shape index (κ1) is 23.0. The average molecular weight is 438 g/mol. The van der Waals surface area contributed by atoms with Gasteiger partial charge in [-0.3, -0.25) is 4.79 Å². The number of methoxy groups -OCH3 is 2. The Morgan fingerprint density at radius 2 is 1.78 bits per heavy atom. The van der Waals surface area contributed by atoms with E-state index in [4.69, 9.17) is 25.4 Å². The summed E-state index contributed by atoms with van der Waals surface area (Å²) < 4.78 is 21.8. The molecule has 1 atom stereocenters. The number of aromatic nitrogens is 1. The summed E-state index contributed by atoms with van der Waals surface area (Å²) in [4.78, 5) is 14.5. The second kappa shape index (κ2) is 11.1. The van der Waals surface area contributed by atoms with Gasteiger partial charge in [-0.1, -0.05) is 12.0 Å². The van der Waals surface area contributed by atoms with Crippen LogP contribution < -0.4 is 29.8 Å². The van der Waals surface area contributed by atoms with E-state index in [9.17, 15) is 9.90 Å². The molecule has 3 aromatic rings. The van der Waals surface area contributed by atoms with Crippen LogP contribution in [0.15, 0.2) is 47.3 Å². The van der Waals surface area contributed by atoms with Crippen molar-refractivity contribution in [1.82, 2.24) is 10.3 Å². The number of H-pyrrole nitrogens is 1. The molecule has 0 radical (unpaired) electrons. The van der Waals surface area contributed by atoms with Crippen molar-refractivity contribution in [2.45, 2.75) is 12.6 Å². The van der Waals surface area contributed by atoms with E-state index >= 15 is 0 Å². The maximum Gasteiger partial charge on any atom is 0.248 e. The summed E-state index contributed by atoms with van der Waals surface area (Å²) in [6, 6.07) is 12.1. The number of aliphatic hydroxyl groups excluding tert-OH is 1. The Kier molecular flexibility index (Phi) is 7.97. The first-order chi connectivity index (χ1) is 15.5. The zero-order valence-electron chi connectivity index (χ0n) is 18.0. The van der Waals surface area contributed by atoms with Crippen LogP contribution in [0.5, 0.6) is 23.0 Å². The Hall–Kier alpha value is -3.67. The highest BCUT2D eigenvalue weighted by Crippen LogP contribution is 2.31. The largest absolute Gasteiger partial charge is 0.493 e. The van der Waals surface area contributed by atoms with E-state index < -0.39 is 6.10 Å². The van der Waals surface area contributed by atoms with Gasteiger partial charge in [0.25, 0.3) is 0 Å². The predicted molar refractivity (Wildman–Crippen MR) is 122 cm³/mol. The molecule has 0 aliphatic carbocycles. The first-order valence-corrected chi connectivity index (χ1v) is 10.0. The number of fused-ring (bicyclic) bond motifs is 1. The fourth-order valence-electron chi connectivity index (χ4n) is 3.18. The molecule has 0 aliphatic heterocycles. The second-order valence-corrected chi connectivity index (χ2v) is 6.95. The van der Waals surface area contributed by atoms with E-state index in [1.54, 1.807) is 32.4 Å². The standard InChI is InChI=1S/C24H26N2O6/c1-4-11-31-21-9-8-19(18-6-10-23(28)26-24(18)21)32-15-17(27)14-25-13-16-5-7-20(29-2)22(12-16)30-3/h1,5-10,12,17,25,27H,11,13-15H2,2-3H3,(H,26,28). The van der Waals surface area contributed by atoms with Crippen LogP contribution in [0.3, 0.4) is 0 Å². The number of terminal acetylenes is 1. The Labute approximate surface area is 186 Å². The van der Waals surface area contributed by atoms with Crippen LogP contribution in [0.2, 0.25) is 0 Å². The van der Waals surface area contributed by atoms with Crippen LogP contribution in [0.25, 0.3) is 10.9 Å². The van der Waals surface area contributed by atoms with E-state index in [0.717, 1.165) is 5.56 Å². The quantitative estimate of drug-likeness (QED) is 0.394. The number of rotatable bonds is 11. The highest BCUT2D eigenvalue weighted by atomic mass is 16.5. The highest BCUT2D eigenvalue weighted by Gasteiger charge is 2.12. The number of aromatic amines is 1. The number of hydrogen-bond acceptors (Lipinski definition) is 7. The van der Waals surface area contributed by atoms with Crippen molar-refractivity contribution in [2.24, 2.45) is 0 Å². The van der Waals surface area contributed by atoms with Gasteiger partial charge in [0.2, 0.25) is 5.56 Å². The van der Waals surface area contributed by atoms with Crippen LogP contribution in [0, 0.1) is 12.3 Å². The number of nitrogens with one attached hydrogen (secondary N) is 2. The van der Waals surface area contributed by atoms with E-state index in [0.29, 0.717) is 47.0 Å². The molecular weight excluding hydrogens is 412 g/mol. The summed E-state index contributed by atoms with van der Waals surface area (Å²) in [5.41, 5.74) is 1.22. The fourth-order valence-corrected chi connectivity index (χ4v) is 3.18. The molecule has 0 saturated heterocycles. The van der Waals surface area contributed by atoms with Crippen LogP contribution in [0.4, 0.5) is 0 Å². The van der Waals surface area contributed by atoms with Gasteiger partial charge in [0.05, 0.1) is 19.7 Å². The molecule has 0 saturated carbocycles. The topological polar surface area (TPSA) is 102 Å². The molecule has 0 spiro atoms. The molecule has 2 aromatic carbocycles. The lowest BCUT2D eigenvalue weighted by molar-refractivity contribution is 0.107. The SMILES string of the molecule is C#CCOc1ccc(OCC(O)CNCc2ccc(OC)c(OC)c2)c2ccc(=O)[nH]c12. The number of benzene rings is 2. The van der Waals surface area contributed by atoms with Gasteiger partial charge in [-0.25, -0.2) is 0 Å². The summed E-state index contributed by atoms with van der Waals surface area (Å²) in [5, 5.41) is 14.2. The molecule has 1 aromatic heterocycles. The monoisotopic (exact) mass is 438 g/mol. The Balaban J connectivity index is 1.58. The summed E-state index contributed by atoms with van der Waals surface area (Å²) in [7, 11) is 3.17. The summed E-state index contributed by atoms with van der Waals surface area (Å²) in [6.45, 7) is 1.02. The zero-order chi connectivity index (χ0) is 22.9. The maximum absolute atomic E-state index is 11.7. The van der Waals surface area contributed by atoms with Crippen LogP contribution in [-0.4, -0.2) is 50.2 Å². The van der Waals surface area contributed by atoms with Gasteiger partial charge < -0.3 is 34.4 Å². The molecule has 0 bridgehead atoms. The number of pyridine rings is 1. The Morgan fingerprint density at radius 1 is 1.03 bits per heavy atom. The third kappa shape index (κ3) is 5.72. The number of aliphatic hydroxyl groups is 1. The van der Waals surface area contributed by atoms with Crippen molar-refractivity contribution in [3.8, 4) is 35.3 Å². The van der Waals surface area contributed by atoms with Crippen molar-refractivity contribution >= 4 is 10.9 Å². The average Bonchev–Trinajstić information content (AvgIpc) is 2.81. The minimum Gasteiger partial charge on any atom is -0.493 e. The van der Waals surface area contributed by atoms with Gasteiger partial charge >= 0.3 is 0 Å². The molecule has 1 unspecified atom stereocenters. The summed E-state index contributed by atoms with van der Waals surface area (Å²) >= 11 is 0. The molecule has 3 rings (SSSR count). The number of hydrogen-bond donors (Lipinski definition) is 3. The van der Waals surface area contributed by atoms with Crippen molar-refractivity contribution in [2.75, 3.05) is 34.0 Å². The normalized spacial score (nSPS) is 11.6. The van der Waals surface area contributed by atoms with E-state index in [1.807, 2.05) is 18.2 Å². The third-order valence-electron chi connectivity index (χ3n) is 4.72. The molecule has 0 fully saturated rings. The zero-order valence-corrected chi connectivity index (χ0v) is 18.0. The molecule has 8 heteroatoms. The molecule has 32 heavy (non-hydrogen) atoms. The van der Waals surface area contributed by atoms with Crippen molar-refractivity contribution < 1.29 is 24.1 Å². The first-order valence-electron chi connectivity index (χ1n) is 10.0. The predicted octanol–water partition coefficient (Wildman–Crippen LogP) is 2.09. The van der Waals surface area contributed by atoms with Crippen LogP contribution in [0.1, 0.15) is 5.56 Å². The molecule has 0 aliphatic rings. The Bertz CT molecular complexity index is 1150. The van der Waals surface area contributed by atoms with Gasteiger partial charge in [-0.15, -0.1) is 6.42 Å². The lowest BCUT2D eigenvalue weighted by Crippen LogP contribution is -2.31. The van der Waals surface area contributed by atoms with E-state index in [-0.39, 0.29) is 18.8 Å². The highest BCUT2D eigenvalue weighted by molar-refractivity contribution is 5.89.